The molecule has 3 nitrogen and oxygen atoms in total. The second-order valence-electron chi connectivity index (χ2n) is 2.39. The summed E-state index contributed by atoms with van der Waals surface area (Å²) in [7, 11) is 2.12. The largest absolute Gasteiger partial charge is 0.538 e. The van der Waals surface area contributed by atoms with Gasteiger partial charge in [0.15, 0.2) is 3.03 Å². The van der Waals surface area contributed by atoms with Crippen LogP contribution in [0.3, 0.4) is 0 Å². The van der Waals surface area contributed by atoms with Gasteiger partial charge < -0.3 is 13.3 Å². The van der Waals surface area contributed by atoms with Crippen LogP contribution < -0.4 is 0 Å². The molecule has 0 saturated heterocycles. The third-order valence-electron chi connectivity index (χ3n) is 1.81. The number of hydrogen-bond donors (Lipinski definition) is 1. The second kappa shape index (κ2) is 6.67. The quantitative estimate of drug-likeness (QED) is 0.436. The van der Waals surface area contributed by atoms with Gasteiger partial charge in [0.1, 0.15) is 0 Å². The van der Waals surface area contributed by atoms with Gasteiger partial charge in [0.05, 0.1) is 0 Å². The van der Waals surface area contributed by atoms with E-state index in [1.54, 1.807) is 44.9 Å². The summed E-state index contributed by atoms with van der Waals surface area (Å²) in [6.07, 6.45) is 1.98. The Labute approximate surface area is 101 Å². The highest BCUT2D eigenvalue weighted by atomic mass is 32.3. The standard InChI is InChI=1S/C7H18O3S3Si/c1-6-13-7(11,12-5)14(8-2,9-3)10-4/h11H,6H2,1-5H3. The van der Waals surface area contributed by atoms with E-state index >= 15 is 0 Å². The molecule has 0 aromatic carbocycles. The van der Waals surface area contributed by atoms with Crippen molar-refractivity contribution < 1.29 is 13.3 Å². The van der Waals surface area contributed by atoms with Crippen molar-refractivity contribution >= 4 is 45.0 Å². The van der Waals surface area contributed by atoms with Gasteiger partial charge in [-0.2, -0.15) is 0 Å². The van der Waals surface area contributed by atoms with Crippen LogP contribution in [0.2, 0.25) is 0 Å². The van der Waals surface area contributed by atoms with Crippen molar-refractivity contribution in [2.24, 2.45) is 0 Å². The average molecular weight is 275 g/mol. The molecule has 0 aromatic heterocycles. The molecule has 0 aliphatic heterocycles. The Morgan fingerprint density at radius 1 is 1.21 bits per heavy atom. The van der Waals surface area contributed by atoms with E-state index in [2.05, 4.69) is 19.6 Å². The van der Waals surface area contributed by atoms with Gasteiger partial charge in [-0.3, -0.25) is 0 Å². The molecule has 0 aliphatic rings. The van der Waals surface area contributed by atoms with E-state index in [0.717, 1.165) is 5.75 Å². The first-order valence-electron chi connectivity index (χ1n) is 4.12. The van der Waals surface area contributed by atoms with Crippen LogP contribution in [0.1, 0.15) is 6.92 Å². The van der Waals surface area contributed by atoms with Crippen molar-refractivity contribution in [2.45, 2.75) is 9.96 Å². The fourth-order valence-electron chi connectivity index (χ4n) is 1.10. The highest BCUT2D eigenvalue weighted by Gasteiger charge is 2.58. The number of thioether (sulfide) groups is 2. The summed E-state index contributed by atoms with van der Waals surface area (Å²) in [6.45, 7) is 2.08. The Balaban J connectivity index is 4.90. The van der Waals surface area contributed by atoms with Crippen molar-refractivity contribution in [3.8, 4) is 0 Å². The van der Waals surface area contributed by atoms with E-state index in [1.165, 1.54) is 0 Å². The van der Waals surface area contributed by atoms with Gasteiger partial charge in [0.25, 0.3) is 0 Å². The molecule has 0 radical (unpaired) electrons. The highest BCUT2D eigenvalue weighted by Crippen LogP contribution is 2.47. The summed E-state index contributed by atoms with van der Waals surface area (Å²) in [6, 6.07) is 0. The highest BCUT2D eigenvalue weighted by molar-refractivity contribution is 8.31. The lowest BCUT2D eigenvalue weighted by atomic mass is 11.0. The third-order valence-corrected chi connectivity index (χ3v) is 10.6. The summed E-state index contributed by atoms with van der Waals surface area (Å²) in [5, 5.41) is 0. The minimum absolute atomic E-state index is 0.444. The van der Waals surface area contributed by atoms with Gasteiger partial charge in [-0.15, -0.1) is 36.2 Å². The van der Waals surface area contributed by atoms with E-state index in [1.807, 2.05) is 6.26 Å². The molecule has 0 fully saturated rings. The minimum atomic E-state index is -2.70. The molecule has 0 amide bonds. The van der Waals surface area contributed by atoms with Crippen LogP contribution in [0.4, 0.5) is 0 Å². The molecule has 0 spiro atoms. The first-order chi connectivity index (χ1) is 6.55. The maximum atomic E-state index is 5.42. The molecular weight excluding hydrogens is 256 g/mol. The van der Waals surface area contributed by atoms with Crippen molar-refractivity contribution in [1.82, 2.24) is 0 Å². The van der Waals surface area contributed by atoms with E-state index in [0.29, 0.717) is 0 Å². The van der Waals surface area contributed by atoms with E-state index < -0.39 is 11.8 Å². The molecule has 7 heteroatoms. The van der Waals surface area contributed by atoms with Crippen LogP contribution in [0.25, 0.3) is 0 Å². The monoisotopic (exact) mass is 274 g/mol. The molecule has 14 heavy (non-hydrogen) atoms. The van der Waals surface area contributed by atoms with E-state index in [4.69, 9.17) is 13.3 Å². The fraction of sp³-hybridized carbons (Fsp3) is 1.00. The van der Waals surface area contributed by atoms with Crippen LogP contribution in [0, 0.1) is 0 Å². The fourth-order valence-corrected chi connectivity index (χ4v) is 8.44. The lowest BCUT2D eigenvalue weighted by Crippen LogP contribution is -2.57. The lowest BCUT2D eigenvalue weighted by Gasteiger charge is -2.38. The summed E-state index contributed by atoms with van der Waals surface area (Å²) < 4.78 is 15.8. The molecule has 0 aromatic rings. The summed E-state index contributed by atoms with van der Waals surface area (Å²) in [5.41, 5.74) is 0. The van der Waals surface area contributed by atoms with Crippen LogP contribution in [0.15, 0.2) is 0 Å². The Kier molecular flexibility index (Phi) is 7.22. The molecule has 1 unspecified atom stereocenters. The zero-order chi connectivity index (χ0) is 11.2. The van der Waals surface area contributed by atoms with Crippen molar-refractivity contribution in [3.05, 3.63) is 0 Å². The Morgan fingerprint density at radius 3 is 1.86 bits per heavy atom. The van der Waals surface area contributed by atoms with E-state index in [9.17, 15) is 0 Å². The molecule has 0 N–H and O–H groups in total. The second-order valence-corrected chi connectivity index (χ2v) is 10.7. The van der Waals surface area contributed by atoms with Gasteiger partial charge in [-0.25, -0.2) is 0 Å². The molecule has 0 rings (SSSR count). The van der Waals surface area contributed by atoms with Crippen LogP contribution >= 0.6 is 36.2 Å². The molecule has 86 valence electrons. The van der Waals surface area contributed by atoms with Gasteiger partial charge in [0, 0.05) is 21.3 Å². The number of thiol groups is 1. The Bertz CT molecular complexity index is 160. The van der Waals surface area contributed by atoms with Gasteiger partial charge in [0.2, 0.25) is 0 Å². The van der Waals surface area contributed by atoms with Crippen molar-refractivity contribution in [1.29, 1.82) is 0 Å². The Hall–Kier alpha value is 1.15. The summed E-state index contributed by atoms with van der Waals surface area (Å²) in [5.74, 6) is 0.940. The molecular formula is C7H18O3S3Si. The first kappa shape index (κ1) is 15.1. The van der Waals surface area contributed by atoms with Crippen molar-refractivity contribution in [2.75, 3.05) is 33.3 Å². The zero-order valence-electron chi connectivity index (χ0n) is 9.20. The molecule has 0 saturated carbocycles. The first-order valence-corrected chi connectivity index (χ1v) is 8.51. The Morgan fingerprint density at radius 2 is 1.64 bits per heavy atom. The average Bonchev–Trinajstić information content (AvgIpc) is 2.21. The summed E-state index contributed by atoms with van der Waals surface area (Å²) >= 11 is 7.90. The smallest absolute Gasteiger partial charge is 0.375 e. The third kappa shape index (κ3) is 2.84. The topological polar surface area (TPSA) is 27.7 Å². The maximum Gasteiger partial charge on any atom is 0.538 e. The molecule has 0 bridgehead atoms. The van der Waals surface area contributed by atoms with Crippen molar-refractivity contribution in [3.63, 3.8) is 0 Å². The van der Waals surface area contributed by atoms with Gasteiger partial charge in [-0.1, -0.05) is 6.92 Å². The normalized spacial score (nSPS) is 16.7. The predicted molar refractivity (Wildman–Crippen MR) is 70.1 cm³/mol. The maximum absolute atomic E-state index is 5.42. The summed E-state index contributed by atoms with van der Waals surface area (Å²) in [4.78, 5) is 0. The minimum Gasteiger partial charge on any atom is -0.375 e. The predicted octanol–water partition coefficient (Wildman–Crippen LogP) is 2.10. The lowest BCUT2D eigenvalue weighted by molar-refractivity contribution is 0.126. The molecule has 0 aliphatic carbocycles. The van der Waals surface area contributed by atoms with Crippen LogP contribution in [0.5, 0.6) is 0 Å². The molecule has 0 heterocycles. The van der Waals surface area contributed by atoms with E-state index in [-0.39, 0.29) is 0 Å². The van der Waals surface area contributed by atoms with Crippen LogP contribution in [-0.2, 0) is 13.3 Å². The van der Waals surface area contributed by atoms with Crippen LogP contribution in [-0.4, -0.2) is 45.2 Å². The SMILES string of the molecule is CCSC(S)(SC)[Si](OC)(OC)OC. The van der Waals surface area contributed by atoms with Gasteiger partial charge >= 0.3 is 8.80 Å². The van der Waals surface area contributed by atoms with Gasteiger partial charge in [-0.05, 0) is 12.0 Å². The molecule has 1 atom stereocenters. The number of rotatable bonds is 7. The number of hydrogen-bond acceptors (Lipinski definition) is 6. The zero-order valence-corrected chi connectivity index (χ0v) is 12.7.